The standard InChI is InChI=1S/C23H29N3O3/c1-3-29-23(28)19-7-9-20(10-8-19)24-22(27)11-12-25-13-15-26(16-14-25)21-6-4-5-18(2)17-21/h4-10,17H,3,11-16H2,1-2H3,(H,24,27). The summed E-state index contributed by atoms with van der Waals surface area (Å²) in [5, 5.41) is 2.89. The number of hydrogen-bond acceptors (Lipinski definition) is 5. The van der Waals surface area contributed by atoms with Gasteiger partial charge in [-0.05, 0) is 55.8 Å². The van der Waals surface area contributed by atoms with E-state index in [1.165, 1.54) is 11.3 Å². The molecule has 0 saturated carbocycles. The quantitative estimate of drug-likeness (QED) is 0.729. The number of carbonyl (C=O) groups is 2. The van der Waals surface area contributed by atoms with Gasteiger partial charge in [0, 0.05) is 50.5 Å². The Morgan fingerprint density at radius 1 is 1.03 bits per heavy atom. The molecule has 0 unspecified atom stereocenters. The van der Waals surface area contributed by atoms with E-state index in [0.717, 1.165) is 32.7 Å². The summed E-state index contributed by atoms with van der Waals surface area (Å²) in [4.78, 5) is 28.7. The summed E-state index contributed by atoms with van der Waals surface area (Å²) in [5.74, 6) is -0.370. The average Bonchev–Trinajstić information content (AvgIpc) is 2.73. The van der Waals surface area contributed by atoms with Crippen LogP contribution in [0, 0.1) is 6.92 Å². The van der Waals surface area contributed by atoms with Gasteiger partial charge in [-0.2, -0.15) is 0 Å². The van der Waals surface area contributed by atoms with Crippen molar-refractivity contribution in [3.63, 3.8) is 0 Å². The number of nitrogens with one attached hydrogen (secondary N) is 1. The smallest absolute Gasteiger partial charge is 0.338 e. The van der Waals surface area contributed by atoms with E-state index in [-0.39, 0.29) is 11.9 Å². The van der Waals surface area contributed by atoms with Crippen LogP contribution in [0.3, 0.4) is 0 Å². The zero-order chi connectivity index (χ0) is 20.6. The second-order valence-corrected chi connectivity index (χ2v) is 7.26. The molecule has 2 aromatic rings. The van der Waals surface area contributed by atoms with E-state index >= 15 is 0 Å². The summed E-state index contributed by atoms with van der Waals surface area (Å²) in [6, 6.07) is 15.4. The van der Waals surface area contributed by atoms with Crippen molar-refractivity contribution in [3.05, 3.63) is 59.7 Å². The van der Waals surface area contributed by atoms with Gasteiger partial charge >= 0.3 is 5.97 Å². The molecule has 1 saturated heterocycles. The average molecular weight is 396 g/mol. The molecule has 1 N–H and O–H groups in total. The predicted octanol–water partition coefficient (Wildman–Crippen LogP) is 3.32. The van der Waals surface area contributed by atoms with Crippen molar-refractivity contribution < 1.29 is 14.3 Å². The van der Waals surface area contributed by atoms with Crippen molar-refractivity contribution >= 4 is 23.3 Å². The summed E-state index contributed by atoms with van der Waals surface area (Å²) in [5.41, 5.74) is 3.72. The van der Waals surface area contributed by atoms with Crippen molar-refractivity contribution in [2.75, 3.05) is 49.5 Å². The first-order valence-corrected chi connectivity index (χ1v) is 10.2. The van der Waals surface area contributed by atoms with Crippen LogP contribution in [0.2, 0.25) is 0 Å². The first kappa shape index (κ1) is 20.9. The maximum absolute atomic E-state index is 12.3. The Morgan fingerprint density at radius 2 is 1.76 bits per heavy atom. The first-order chi connectivity index (χ1) is 14.0. The van der Waals surface area contributed by atoms with E-state index in [0.29, 0.717) is 24.3 Å². The van der Waals surface area contributed by atoms with Crippen LogP contribution in [0.5, 0.6) is 0 Å². The minimum absolute atomic E-state index is 0.0185. The number of benzene rings is 2. The van der Waals surface area contributed by atoms with Crippen molar-refractivity contribution in [2.45, 2.75) is 20.3 Å². The van der Waals surface area contributed by atoms with Gasteiger partial charge in [-0.3, -0.25) is 9.69 Å². The van der Waals surface area contributed by atoms with Crippen LogP contribution in [0.15, 0.2) is 48.5 Å². The topological polar surface area (TPSA) is 61.9 Å². The molecule has 3 rings (SSSR count). The lowest BCUT2D eigenvalue weighted by molar-refractivity contribution is -0.116. The Morgan fingerprint density at radius 3 is 2.41 bits per heavy atom. The zero-order valence-corrected chi connectivity index (χ0v) is 17.2. The van der Waals surface area contributed by atoms with Gasteiger partial charge < -0.3 is 15.0 Å². The Bertz CT molecular complexity index is 828. The summed E-state index contributed by atoms with van der Waals surface area (Å²) < 4.78 is 4.96. The maximum Gasteiger partial charge on any atom is 0.338 e. The highest BCUT2D eigenvalue weighted by Gasteiger charge is 2.18. The number of esters is 1. The molecule has 0 aromatic heterocycles. The lowest BCUT2D eigenvalue weighted by atomic mass is 10.2. The summed E-state index contributed by atoms with van der Waals surface area (Å²) in [7, 11) is 0. The van der Waals surface area contributed by atoms with Gasteiger partial charge in [-0.1, -0.05) is 12.1 Å². The number of piperazine rings is 1. The summed E-state index contributed by atoms with van der Waals surface area (Å²) >= 11 is 0. The molecular weight excluding hydrogens is 366 g/mol. The highest BCUT2D eigenvalue weighted by molar-refractivity contribution is 5.93. The van der Waals surface area contributed by atoms with E-state index < -0.39 is 0 Å². The number of rotatable bonds is 7. The third-order valence-corrected chi connectivity index (χ3v) is 5.07. The van der Waals surface area contributed by atoms with E-state index in [9.17, 15) is 9.59 Å². The van der Waals surface area contributed by atoms with Crippen LogP contribution in [0.1, 0.15) is 29.3 Å². The highest BCUT2D eigenvalue weighted by atomic mass is 16.5. The van der Waals surface area contributed by atoms with Gasteiger partial charge in [0.25, 0.3) is 0 Å². The number of ether oxygens (including phenoxy) is 1. The molecule has 1 aliphatic rings. The van der Waals surface area contributed by atoms with E-state index in [1.807, 2.05) is 0 Å². The molecule has 0 radical (unpaired) electrons. The molecule has 6 nitrogen and oxygen atoms in total. The molecular formula is C23H29N3O3. The van der Waals surface area contributed by atoms with Crippen LogP contribution in [-0.2, 0) is 9.53 Å². The van der Waals surface area contributed by atoms with E-state index in [4.69, 9.17) is 4.74 Å². The van der Waals surface area contributed by atoms with Gasteiger partial charge in [-0.25, -0.2) is 4.79 Å². The van der Waals surface area contributed by atoms with Crippen molar-refractivity contribution in [2.24, 2.45) is 0 Å². The van der Waals surface area contributed by atoms with Crippen molar-refractivity contribution in [1.82, 2.24) is 4.90 Å². The molecule has 0 bridgehead atoms. The molecule has 0 atom stereocenters. The molecule has 2 aromatic carbocycles. The number of anilines is 2. The first-order valence-electron chi connectivity index (χ1n) is 10.2. The molecule has 1 heterocycles. The van der Waals surface area contributed by atoms with Crippen LogP contribution in [-0.4, -0.2) is 56.1 Å². The number of nitrogens with zero attached hydrogens (tertiary/aromatic N) is 2. The molecule has 0 spiro atoms. The Kier molecular flexibility index (Phi) is 7.25. The van der Waals surface area contributed by atoms with Gasteiger partial charge in [0.15, 0.2) is 0 Å². The largest absolute Gasteiger partial charge is 0.462 e. The second-order valence-electron chi connectivity index (χ2n) is 7.26. The molecule has 0 aliphatic carbocycles. The molecule has 1 aliphatic heterocycles. The zero-order valence-electron chi connectivity index (χ0n) is 17.2. The van der Waals surface area contributed by atoms with Crippen LogP contribution >= 0.6 is 0 Å². The molecule has 154 valence electrons. The lowest BCUT2D eigenvalue weighted by Crippen LogP contribution is -2.47. The fourth-order valence-corrected chi connectivity index (χ4v) is 3.44. The molecule has 6 heteroatoms. The number of aryl methyl sites for hydroxylation is 1. The van der Waals surface area contributed by atoms with Crippen molar-refractivity contribution in [1.29, 1.82) is 0 Å². The maximum atomic E-state index is 12.3. The molecule has 29 heavy (non-hydrogen) atoms. The molecule has 1 fully saturated rings. The number of carbonyl (C=O) groups excluding carboxylic acids is 2. The predicted molar refractivity (Wildman–Crippen MR) is 115 cm³/mol. The van der Waals surface area contributed by atoms with Gasteiger partial charge in [0.1, 0.15) is 0 Å². The monoisotopic (exact) mass is 395 g/mol. The van der Waals surface area contributed by atoms with Gasteiger partial charge in [0.05, 0.1) is 12.2 Å². The Balaban J connectivity index is 1.40. The van der Waals surface area contributed by atoms with Crippen LogP contribution in [0.4, 0.5) is 11.4 Å². The van der Waals surface area contributed by atoms with Crippen LogP contribution in [0.25, 0.3) is 0 Å². The number of hydrogen-bond donors (Lipinski definition) is 1. The highest BCUT2D eigenvalue weighted by Crippen LogP contribution is 2.18. The second kappa shape index (κ2) is 10.1. The molecule has 1 amide bonds. The minimum Gasteiger partial charge on any atom is -0.462 e. The number of amides is 1. The van der Waals surface area contributed by atoms with E-state index in [1.54, 1.807) is 31.2 Å². The normalized spacial score (nSPS) is 14.5. The van der Waals surface area contributed by atoms with Crippen molar-refractivity contribution in [3.8, 4) is 0 Å². The third kappa shape index (κ3) is 6.06. The SMILES string of the molecule is CCOC(=O)c1ccc(NC(=O)CCN2CCN(c3cccc(C)c3)CC2)cc1. The Labute approximate surface area is 172 Å². The lowest BCUT2D eigenvalue weighted by Gasteiger charge is -2.36. The summed E-state index contributed by atoms with van der Waals surface area (Å²) in [6.07, 6.45) is 0.448. The van der Waals surface area contributed by atoms with Gasteiger partial charge in [-0.15, -0.1) is 0 Å². The fraction of sp³-hybridized carbons (Fsp3) is 0.391. The Hall–Kier alpha value is -2.86. The van der Waals surface area contributed by atoms with Crippen LogP contribution < -0.4 is 10.2 Å². The third-order valence-electron chi connectivity index (χ3n) is 5.07. The fourth-order valence-electron chi connectivity index (χ4n) is 3.44. The summed E-state index contributed by atoms with van der Waals surface area (Å²) in [6.45, 7) is 8.83. The van der Waals surface area contributed by atoms with E-state index in [2.05, 4.69) is 46.3 Å². The van der Waals surface area contributed by atoms with Gasteiger partial charge in [0.2, 0.25) is 5.91 Å². The minimum atomic E-state index is -0.352.